The van der Waals surface area contributed by atoms with E-state index in [-0.39, 0.29) is 18.3 Å². The number of carbonyl (C=O) groups is 2. The molecule has 0 fully saturated rings. The number of ketones is 1. The standard InChI is InChI=1S/C25H28O3Si/c1-5-28-25(27)24-21(17-29(2,3)4)20(18-12-8-6-9-13-18)16-22(26)23(24)19-14-10-7-11-15-19/h6-15,17,20H,5,16H2,1-4H3/b21-17+. The Morgan fingerprint density at radius 1 is 1.03 bits per heavy atom. The molecule has 0 aromatic heterocycles. The lowest BCUT2D eigenvalue weighted by Crippen LogP contribution is -2.28. The van der Waals surface area contributed by atoms with Gasteiger partial charge in [0.2, 0.25) is 0 Å². The molecule has 3 rings (SSSR count). The second-order valence-electron chi connectivity index (χ2n) is 8.39. The summed E-state index contributed by atoms with van der Waals surface area (Å²) in [5.41, 5.74) is 5.94. The Labute approximate surface area is 174 Å². The first-order valence-corrected chi connectivity index (χ1v) is 13.7. The van der Waals surface area contributed by atoms with Crippen LogP contribution < -0.4 is 0 Å². The van der Waals surface area contributed by atoms with Crippen LogP contribution in [0.3, 0.4) is 0 Å². The van der Waals surface area contributed by atoms with Crippen molar-refractivity contribution in [2.45, 2.75) is 38.9 Å². The average Bonchev–Trinajstić information content (AvgIpc) is 2.69. The Morgan fingerprint density at radius 2 is 1.62 bits per heavy atom. The maximum atomic E-state index is 13.3. The van der Waals surface area contributed by atoms with E-state index in [1.807, 2.05) is 60.7 Å². The molecule has 3 nitrogen and oxygen atoms in total. The normalized spacial score (nSPS) is 18.8. The van der Waals surface area contributed by atoms with Crippen molar-refractivity contribution in [2.24, 2.45) is 0 Å². The van der Waals surface area contributed by atoms with Crippen LogP contribution in [0.5, 0.6) is 0 Å². The summed E-state index contributed by atoms with van der Waals surface area (Å²) in [7, 11) is -1.70. The van der Waals surface area contributed by atoms with E-state index in [0.29, 0.717) is 17.6 Å². The maximum absolute atomic E-state index is 13.3. The lowest BCUT2D eigenvalue weighted by Gasteiger charge is -2.31. The minimum atomic E-state index is -1.70. The Balaban J connectivity index is 2.31. The molecule has 29 heavy (non-hydrogen) atoms. The van der Waals surface area contributed by atoms with Crippen LogP contribution in [-0.4, -0.2) is 26.4 Å². The molecule has 0 saturated carbocycles. The predicted octanol–water partition coefficient (Wildman–Crippen LogP) is 5.56. The summed E-state index contributed by atoms with van der Waals surface area (Å²) in [6.45, 7) is 8.78. The zero-order valence-corrected chi connectivity index (χ0v) is 18.6. The number of allylic oxidation sites excluding steroid dienone is 1. The van der Waals surface area contributed by atoms with E-state index in [1.54, 1.807) is 6.92 Å². The molecule has 150 valence electrons. The van der Waals surface area contributed by atoms with Crippen LogP contribution in [0, 0.1) is 0 Å². The van der Waals surface area contributed by atoms with E-state index in [1.165, 1.54) is 0 Å². The molecule has 4 heteroatoms. The van der Waals surface area contributed by atoms with Crippen molar-refractivity contribution in [2.75, 3.05) is 6.61 Å². The molecule has 0 N–H and O–H groups in total. The highest BCUT2D eigenvalue weighted by Crippen LogP contribution is 2.43. The molecule has 1 aliphatic rings. The van der Waals surface area contributed by atoms with E-state index in [9.17, 15) is 9.59 Å². The summed E-state index contributed by atoms with van der Waals surface area (Å²) >= 11 is 0. The van der Waals surface area contributed by atoms with Crippen molar-refractivity contribution in [3.63, 3.8) is 0 Å². The molecule has 1 unspecified atom stereocenters. The van der Waals surface area contributed by atoms with Crippen molar-refractivity contribution >= 4 is 25.4 Å². The zero-order chi connectivity index (χ0) is 21.0. The van der Waals surface area contributed by atoms with Gasteiger partial charge in [-0.25, -0.2) is 4.79 Å². The number of benzene rings is 2. The number of hydrogen-bond acceptors (Lipinski definition) is 3. The first-order valence-electron chi connectivity index (χ1n) is 10.1. The maximum Gasteiger partial charge on any atom is 0.339 e. The number of ether oxygens (including phenoxy) is 1. The molecule has 0 aliphatic heterocycles. The highest BCUT2D eigenvalue weighted by Gasteiger charge is 2.38. The molecule has 0 radical (unpaired) electrons. The topological polar surface area (TPSA) is 43.4 Å². The monoisotopic (exact) mass is 404 g/mol. The average molecular weight is 405 g/mol. The second kappa shape index (κ2) is 8.74. The molecule has 1 aliphatic carbocycles. The minimum absolute atomic E-state index is 0.0131. The number of esters is 1. The highest BCUT2D eigenvalue weighted by atomic mass is 28.3. The van der Waals surface area contributed by atoms with E-state index < -0.39 is 14.0 Å². The molecule has 0 heterocycles. The van der Waals surface area contributed by atoms with Crippen LogP contribution in [0.4, 0.5) is 0 Å². The molecule has 1 atom stereocenters. The molecular formula is C25H28O3Si. The molecule has 2 aromatic rings. The van der Waals surface area contributed by atoms with E-state index in [2.05, 4.69) is 25.3 Å². The third-order valence-corrected chi connectivity index (χ3v) is 6.09. The summed E-state index contributed by atoms with van der Waals surface area (Å²) in [5, 5.41) is 0. The molecule has 0 amide bonds. The third kappa shape index (κ3) is 4.82. The van der Waals surface area contributed by atoms with Gasteiger partial charge in [-0.3, -0.25) is 4.79 Å². The fourth-order valence-electron chi connectivity index (χ4n) is 3.81. The molecular weight excluding hydrogens is 376 g/mol. The van der Waals surface area contributed by atoms with Crippen molar-refractivity contribution < 1.29 is 14.3 Å². The minimum Gasteiger partial charge on any atom is -0.462 e. The van der Waals surface area contributed by atoms with Crippen LogP contribution in [-0.2, 0) is 14.3 Å². The SMILES string of the molecule is CCOC(=O)C1=C(c2ccccc2)C(=O)CC(c2ccccc2)/C1=C\[Si](C)(C)C. The van der Waals surface area contributed by atoms with E-state index >= 15 is 0 Å². The van der Waals surface area contributed by atoms with Crippen molar-refractivity contribution in [1.82, 2.24) is 0 Å². The Bertz CT molecular complexity index is 951. The highest BCUT2D eigenvalue weighted by molar-refractivity contribution is 6.81. The first-order chi connectivity index (χ1) is 13.8. The molecule has 0 spiro atoms. The van der Waals surface area contributed by atoms with Gasteiger partial charge in [0, 0.05) is 17.9 Å². The van der Waals surface area contributed by atoms with Gasteiger partial charge in [-0.2, -0.15) is 0 Å². The lowest BCUT2D eigenvalue weighted by molar-refractivity contribution is -0.138. The molecule has 0 saturated heterocycles. The quantitative estimate of drug-likeness (QED) is 0.484. The summed E-state index contributed by atoms with van der Waals surface area (Å²) < 4.78 is 5.44. The fraction of sp³-hybridized carbons (Fsp3) is 0.280. The van der Waals surface area contributed by atoms with Crippen LogP contribution in [0.2, 0.25) is 19.6 Å². The van der Waals surface area contributed by atoms with Gasteiger partial charge in [0.1, 0.15) is 0 Å². The van der Waals surface area contributed by atoms with Gasteiger partial charge in [0.15, 0.2) is 5.78 Å². The summed E-state index contributed by atoms with van der Waals surface area (Å²) in [4.78, 5) is 26.5. The van der Waals surface area contributed by atoms with E-state index in [4.69, 9.17) is 4.74 Å². The van der Waals surface area contributed by atoms with Gasteiger partial charge in [-0.05, 0) is 23.6 Å². The summed E-state index contributed by atoms with van der Waals surface area (Å²) in [6.07, 6.45) is 0.355. The number of Topliss-reactive ketones (excluding diaryl/α,β-unsaturated/α-hetero) is 1. The molecule has 2 aromatic carbocycles. The van der Waals surface area contributed by atoms with Gasteiger partial charge in [-0.15, -0.1) is 0 Å². The smallest absolute Gasteiger partial charge is 0.339 e. The third-order valence-electron chi connectivity index (χ3n) is 4.91. The van der Waals surface area contributed by atoms with Crippen molar-refractivity contribution in [1.29, 1.82) is 0 Å². The Morgan fingerprint density at radius 3 is 2.17 bits per heavy atom. The Hall–Kier alpha value is -2.72. The zero-order valence-electron chi connectivity index (χ0n) is 17.6. The predicted molar refractivity (Wildman–Crippen MR) is 120 cm³/mol. The van der Waals surface area contributed by atoms with Crippen LogP contribution in [0.1, 0.15) is 30.4 Å². The molecule has 0 bridgehead atoms. The van der Waals surface area contributed by atoms with Crippen molar-refractivity contribution in [3.8, 4) is 0 Å². The summed E-state index contributed by atoms with van der Waals surface area (Å²) in [6, 6.07) is 19.5. The summed E-state index contributed by atoms with van der Waals surface area (Å²) in [5.74, 6) is -0.562. The van der Waals surface area contributed by atoms with Gasteiger partial charge in [-0.1, -0.05) is 86.0 Å². The number of rotatable bonds is 5. The second-order valence-corrected chi connectivity index (χ2v) is 13.4. The largest absolute Gasteiger partial charge is 0.462 e. The first kappa shape index (κ1) is 21.0. The van der Waals surface area contributed by atoms with Gasteiger partial charge < -0.3 is 4.74 Å². The van der Waals surface area contributed by atoms with Crippen LogP contribution in [0.25, 0.3) is 5.57 Å². The van der Waals surface area contributed by atoms with Crippen LogP contribution >= 0.6 is 0 Å². The Kier molecular flexibility index (Phi) is 6.33. The number of hydrogen-bond donors (Lipinski definition) is 0. The van der Waals surface area contributed by atoms with Gasteiger partial charge in [0.05, 0.1) is 20.3 Å². The fourth-order valence-corrected chi connectivity index (χ4v) is 5.09. The lowest BCUT2D eigenvalue weighted by atomic mass is 9.74. The number of carbonyl (C=O) groups excluding carboxylic acids is 2. The van der Waals surface area contributed by atoms with E-state index in [0.717, 1.165) is 16.7 Å². The van der Waals surface area contributed by atoms with Crippen molar-refractivity contribution in [3.05, 3.63) is 88.6 Å². The van der Waals surface area contributed by atoms with Gasteiger partial charge in [0.25, 0.3) is 0 Å². The van der Waals surface area contributed by atoms with Crippen LogP contribution in [0.15, 0.2) is 77.5 Å². The van der Waals surface area contributed by atoms with Gasteiger partial charge >= 0.3 is 5.97 Å².